The molecule has 0 aliphatic rings. The summed E-state index contributed by atoms with van der Waals surface area (Å²) in [6.45, 7) is 2.76. The minimum Gasteiger partial charge on any atom is -0.309 e. The second-order valence-electron chi connectivity index (χ2n) is 4.63. The molecule has 1 N–H and O–H groups in total. The van der Waals surface area contributed by atoms with Gasteiger partial charge < -0.3 is 5.32 Å². The monoisotopic (exact) mass is 315 g/mol. The van der Waals surface area contributed by atoms with Crippen molar-refractivity contribution in [3.05, 3.63) is 46.2 Å². The largest absolute Gasteiger partial charge is 0.443 e. The van der Waals surface area contributed by atoms with Crippen LogP contribution in [-0.4, -0.2) is 16.5 Å². The Bertz CT molecular complexity index is 554. The molecule has 0 saturated heterocycles. The fraction of sp³-hybridized carbons (Fsp3) is 0.429. The van der Waals surface area contributed by atoms with E-state index in [-0.39, 0.29) is 6.04 Å². The first-order chi connectivity index (χ1) is 10.0. The number of hydrogen-bond acceptors (Lipinski definition) is 4. The first-order valence-corrected chi connectivity index (χ1v) is 7.47. The highest BCUT2D eigenvalue weighted by atomic mass is 32.1. The molecular weight excluding hydrogens is 299 g/mol. The molecule has 0 radical (unpaired) electrons. The van der Waals surface area contributed by atoms with Crippen LogP contribution < -0.4 is 5.32 Å². The molecule has 3 nitrogen and oxygen atoms in total. The Morgan fingerprint density at radius 3 is 2.57 bits per heavy atom. The topological polar surface area (TPSA) is 37.8 Å². The third-order valence-electron chi connectivity index (χ3n) is 2.94. The predicted molar refractivity (Wildman–Crippen MR) is 76.1 cm³/mol. The molecular formula is C14H16F3N3S. The molecule has 114 valence electrons. The summed E-state index contributed by atoms with van der Waals surface area (Å²) in [5.74, 6) is 0. The van der Waals surface area contributed by atoms with E-state index in [1.54, 1.807) is 12.4 Å². The molecule has 7 heteroatoms. The van der Waals surface area contributed by atoms with E-state index < -0.39 is 11.2 Å². The van der Waals surface area contributed by atoms with Crippen molar-refractivity contribution in [2.45, 2.75) is 32.0 Å². The van der Waals surface area contributed by atoms with Gasteiger partial charge in [0, 0.05) is 29.5 Å². The van der Waals surface area contributed by atoms with E-state index in [9.17, 15) is 13.2 Å². The molecule has 2 aromatic heterocycles. The molecule has 0 aromatic carbocycles. The van der Waals surface area contributed by atoms with Gasteiger partial charge in [-0.3, -0.25) is 4.98 Å². The van der Waals surface area contributed by atoms with Gasteiger partial charge in [0.1, 0.15) is 0 Å². The quantitative estimate of drug-likeness (QED) is 0.880. The average Bonchev–Trinajstić information content (AvgIpc) is 2.94. The van der Waals surface area contributed by atoms with Crippen molar-refractivity contribution >= 4 is 11.3 Å². The number of pyridine rings is 1. The van der Waals surface area contributed by atoms with Gasteiger partial charge in [0.15, 0.2) is 5.01 Å². The van der Waals surface area contributed by atoms with Crippen LogP contribution >= 0.6 is 11.3 Å². The summed E-state index contributed by atoms with van der Waals surface area (Å²) in [7, 11) is 0. The van der Waals surface area contributed by atoms with E-state index in [0.29, 0.717) is 22.6 Å². The van der Waals surface area contributed by atoms with Gasteiger partial charge in [0.25, 0.3) is 0 Å². The van der Waals surface area contributed by atoms with E-state index in [4.69, 9.17) is 0 Å². The van der Waals surface area contributed by atoms with Crippen LogP contribution in [0.15, 0.2) is 30.7 Å². The van der Waals surface area contributed by atoms with Gasteiger partial charge in [0.2, 0.25) is 0 Å². The maximum absolute atomic E-state index is 12.7. The zero-order valence-electron chi connectivity index (χ0n) is 11.5. The van der Waals surface area contributed by atoms with Crippen molar-refractivity contribution in [2.75, 3.05) is 6.54 Å². The van der Waals surface area contributed by atoms with Crippen molar-refractivity contribution in [3.8, 4) is 0 Å². The molecule has 21 heavy (non-hydrogen) atoms. The molecule has 1 unspecified atom stereocenters. The van der Waals surface area contributed by atoms with E-state index in [1.807, 2.05) is 19.1 Å². The third-order valence-corrected chi connectivity index (χ3v) is 4.10. The Morgan fingerprint density at radius 2 is 2.00 bits per heavy atom. The number of nitrogens with zero attached hydrogens (tertiary/aromatic N) is 2. The third kappa shape index (κ3) is 4.50. The van der Waals surface area contributed by atoms with E-state index in [0.717, 1.165) is 18.5 Å². The van der Waals surface area contributed by atoms with Gasteiger partial charge in [-0.15, -0.1) is 11.3 Å². The van der Waals surface area contributed by atoms with Gasteiger partial charge >= 0.3 is 6.18 Å². The molecule has 0 spiro atoms. The second-order valence-corrected chi connectivity index (χ2v) is 5.69. The van der Waals surface area contributed by atoms with Crippen molar-refractivity contribution in [2.24, 2.45) is 0 Å². The zero-order chi connectivity index (χ0) is 15.3. The highest BCUT2D eigenvalue weighted by molar-refractivity contribution is 7.11. The van der Waals surface area contributed by atoms with Crippen LogP contribution in [0.4, 0.5) is 13.2 Å². The summed E-state index contributed by atoms with van der Waals surface area (Å²) in [6, 6.07) is 3.57. The Labute approximate surface area is 125 Å². The zero-order valence-corrected chi connectivity index (χ0v) is 12.3. The normalized spacial score (nSPS) is 13.3. The Kier molecular flexibility index (Phi) is 5.30. The molecule has 0 aliphatic carbocycles. The first kappa shape index (κ1) is 15.9. The highest BCUT2D eigenvalue weighted by Crippen LogP contribution is 2.35. The van der Waals surface area contributed by atoms with Gasteiger partial charge in [0.05, 0.1) is 0 Å². The Morgan fingerprint density at radius 1 is 1.29 bits per heavy atom. The van der Waals surface area contributed by atoms with Crippen LogP contribution in [0.2, 0.25) is 0 Å². The fourth-order valence-corrected chi connectivity index (χ4v) is 2.78. The minimum atomic E-state index is -4.38. The molecule has 2 heterocycles. The van der Waals surface area contributed by atoms with Crippen molar-refractivity contribution in [1.82, 2.24) is 15.3 Å². The SMILES string of the molecule is CCCNC(Cc1ccncc1)c1cnc(C(F)(F)F)s1. The Balaban J connectivity index is 2.17. The van der Waals surface area contributed by atoms with E-state index in [2.05, 4.69) is 15.3 Å². The summed E-state index contributed by atoms with van der Waals surface area (Å²) in [4.78, 5) is 8.05. The number of hydrogen-bond donors (Lipinski definition) is 1. The highest BCUT2D eigenvalue weighted by Gasteiger charge is 2.35. The van der Waals surface area contributed by atoms with Crippen molar-refractivity contribution in [1.29, 1.82) is 0 Å². The number of alkyl halides is 3. The molecule has 0 amide bonds. The smallest absolute Gasteiger partial charge is 0.309 e. The van der Waals surface area contributed by atoms with Gasteiger partial charge in [-0.05, 0) is 37.1 Å². The lowest BCUT2D eigenvalue weighted by Crippen LogP contribution is -2.23. The van der Waals surface area contributed by atoms with Gasteiger partial charge in [-0.1, -0.05) is 6.92 Å². The first-order valence-electron chi connectivity index (χ1n) is 6.66. The van der Waals surface area contributed by atoms with E-state index >= 15 is 0 Å². The maximum atomic E-state index is 12.7. The number of thiazole rings is 1. The summed E-state index contributed by atoms with van der Waals surface area (Å²) in [5.41, 5.74) is 1.03. The Hall–Kier alpha value is -1.47. The minimum absolute atomic E-state index is 0.166. The second kappa shape index (κ2) is 7.00. The lowest BCUT2D eigenvalue weighted by atomic mass is 10.1. The van der Waals surface area contributed by atoms with Crippen LogP contribution in [0.1, 0.15) is 34.8 Å². The van der Waals surface area contributed by atoms with E-state index in [1.165, 1.54) is 6.20 Å². The van der Waals surface area contributed by atoms with Crippen LogP contribution in [0.5, 0.6) is 0 Å². The number of rotatable bonds is 6. The molecule has 0 bridgehead atoms. The molecule has 0 saturated carbocycles. The van der Waals surface area contributed by atoms with Crippen molar-refractivity contribution in [3.63, 3.8) is 0 Å². The molecule has 1 atom stereocenters. The van der Waals surface area contributed by atoms with Crippen molar-refractivity contribution < 1.29 is 13.2 Å². The number of halogens is 3. The lowest BCUT2D eigenvalue weighted by molar-refractivity contribution is -0.137. The summed E-state index contributed by atoms with van der Waals surface area (Å²) >= 11 is 0.703. The molecule has 2 rings (SSSR count). The average molecular weight is 315 g/mol. The molecule has 2 aromatic rings. The summed E-state index contributed by atoms with van der Waals surface area (Å²) in [6.07, 6.45) is 1.83. The summed E-state index contributed by atoms with van der Waals surface area (Å²) < 4.78 is 38.0. The number of nitrogens with one attached hydrogen (secondary N) is 1. The van der Waals surface area contributed by atoms with Gasteiger partial charge in [-0.25, -0.2) is 4.98 Å². The predicted octanol–water partition coefficient (Wildman–Crippen LogP) is 3.84. The standard InChI is InChI=1S/C14H16F3N3S/c1-2-5-19-11(8-10-3-6-18-7-4-10)12-9-20-13(21-12)14(15,16)17/h3-4,6-7,9,11,19H,2,5,8H2,1H3. The molecule has 0 aliphatic heterocycles. The van der Waals surface area contributed by atoms with Gasteiger partial charge in [-0.2, -0.15) is 13.2 Å². The summed E-state index contributed by atoms with van der Waals surface area (Å²) in [5, 5.41) is 2.49. The fourth-order valence-electron chi connectivity index (χ4n) is 1.93. The van der Waals surface area contributed by atoms with Crippen LogP contribution in [0.25, 0.3) is 0 Å². The molecule has 0 fully saturated rings. The lowest BCUT2D eigenvalue weighted by Gasteiger charge is -2.16. The van der Waals surface area contributed by atoms with Crippen LogP contribution in [-0.2, 0) is 12.6 Å². The van der Waals surface area contributed by atoms with Crippen LogP contribution in [0.3, 0.4) is 0 Å². The number of aromatic nitrogens is 2. The maximum Gasteiger partial charge on any atom is 0.443 e. The van der Waals surface area contributed by atoms with Crippen LogP contribution in [0, 0.1) is 0 Å².